The summed E-state index contributed by atoms with van der Waals surface area (Å²) in [6.07, 6.45) is 2.46. The van der Waals surface area contributed by atoms with E-state index in [2.05, 4.69) is 15.0 Å². The maximum absolute atomic E-state index is 12.7. The number of fused-ring (bicyclic) bond motifs is 1. The highest BCUT2D eigenvalue weighted by Crippen LogP contribution is 2.38. The topological polar surface area (TPSA) is 106 Å². The highest BCUT2D eigenvalue weighted by atomic mass is 32.1. The highest BCUT2D eigenvalue weighted by molar-refractivity contribution is 7.22. The minimum atomic E-state index is -0.746. The van der Waals surface area contributed by atoms with Crippen molar-refractivity contribution in [3.63, 3.8) is 0 Å². The zero-order valence-corrected chi connectivity index (χ0v) is 17.2. The van der Waals surface area contributed by atoms with Gasteiger partial charge in [0.05, 0.1) is 23.6 Å². The Morgan fingerprint density at radius 2 is 1.93 bits per heavy atom. The molecule has 1 fully saturated rings. The van der Waals surface area contributed by atoms with Crippen molar-refractivity contribution in [2.45, 2.75) is 20.0 Å². The Hall–Kier alpha value is -2.82. The van der Waals surface area contributed by atoms with Crippen molar-refractivity contribution in [2.24, 2.45) is 0 Å². The third kappa shape index (κ3) is 3.61. The molecule has 0 spiro atoms. The van der Waals surface area contributed by atoms with Gasteiger partial charge in [-0.05, 0) is 38.6 Å². The number of hydrogen-bond acceptors (Lipinski definition) is 8. The van der Waals surface area contributed by atoms with Crippen molar-refractivity contribution in [2.75, 3.05) is 31.8 Å². The number of urea groups is 1. The summed E-state index contributed by atoms with van der Waals surface area (Å²) in [5.74, 6) is 0.425. The normalized spacial score (nSPS) is 16.6. The Labute approximate surface area is 171 Å². The maximum Gasteiger partial charge on any atom is 0.328 e. The molecule has 0 saturated carbocycles. The monoisotopic (exact) mass is 414 g/mol. The van der Waals surface area contributed by atoms with E-state index in [-0.39, 0.29) is 11.8 Å². The van der Waals surface area contributed by atoms with Crippen LogP contribution in [0.1, 0.15) is 25.8 Å². The number of phenolic OH excluding ortho intramolecular Hbond substituents is 1. The van der Waals surface area contributed by atoms with E-state index in [0.717, 1.165) is 0 Å². The number of phenols is 1. The third-order valence-corrected chi connectivity index (χ3v) is 5.86. The average Bonchev–Trinajstić information content (AvgIpc) is 3.14. The molecular weight excluding hydrogens is 392 g/mol. The molecule has 3 aromatic rings. The minimum absolute atomic E-state index is 0.0889. The molecule has 9 nitrogen and oxygen atoms in total. The lowest BCUT2D eigenvalue weighted by Crippen LogP contribution is -2.56. The van der Waals surface area contributed by atoms with Gasteiger partial charge in [0.1, 0.15) is 11.9 Å². The quantitative estimate of drug-likeness (QED) is 0.676. The molecule has 152 valence electrons. The molecule has 2 aromatic heterocycles. The number of anilines is 1. The number of aliphatic hydroxyl groups excluding tert-OH is 1. The average molecular weight is 414 g/mol. The van der Waals surface area contributed by atoms with E-state index < -0.39 is 6.10 Å². The number of amides is 2. The van der Waals surface area contributed by atoms with Gasteiger partial charge >= 0.3 is 6.03 Å². The first kappa shape index (κ1) is 19.5. The molecule has 1 atom stereocenters. The number of nitrogens with zero attached hydrogens (tertiary/aromatic N) is 6. The lowest BCUT2D eigenvalue weighted by molar-refractivity contribution is 0.136. The molecule has 29 heavy (non-hydrogen) atoms. The van der Waals surface area contributed by atoms with E-state index in [1.165, 1.54) is 11.3 Å². The molecule has 4 rings (SSSR count). The van der Waals surface area contributed by atoms with Crippen molar-refractivity contribution in [1.82, 2.24) is 24.8 Å². The fourth-order valence-electron chi connectivity index (χ4n) is 3.24. The van der Waals surface area contributed by atoms with Crippen LogP contribution in [0.2, 0.25) is 0 Å². The Kier molecular flexibility index (Phi) is 5.07. The van der Waals surface area contributed by atoms with Crippen LogP contribution >= 0.6 is 11.3 Å². The van der Waals surface area contributed by atoms with E-state index in [1.54, 1.807) is 35.2 Å². The van der Waals surface area contributed by atoms with Crippen LogP contribution < -0.4 is 4.90 Å². The molecular formula is C19H22N6O3S. The molecule has 0 aliphatic carbocycles. The second-order valence-electron chi connectivity index (χ2n) is 7.05. The Bertz CT molecular complexity index is 1050. The van der Waals surface area contributed by atoms with Gasteiger partial charge in [0, 0.05) is 24.5 Å². The predicted molar refractivity (Wildman–Crippen MR) is 111 cm³/mol. The van der Waals surface area contributed by atoms with Crippen molar-refractivity contribution in [3.8, 4) is 16.9 Å². The van der Waals surface area contributed by atoms with Crippen LogP contribution in [0.25, 0.3) is 21.3 Å². The van der Waals surface area contributed by atoms with E-state index in [9.17, 15) is 15.0 Å². The molecule has 2 amide bonds. The van der Waals surface area contributed by atoms with Gasteiger partial charge in [-0.3, -0.25) is 9.80 Å². The molecule has 1 aliphatic rings. The van der Waals surface area contributed by atoms with E-state index in [4.69, 9.17) is 0 Å². The lowest BCUT2D eigenvalue weighted by Gasteiger charge is -2.38. The molecule has 1 saturated heterocycles. The Morgan fingerprint density at radius 3 is 2.59 bits per heavy atom. The van der Waals surface area contributed by atoms with Crippen molar-refractivity contribution in [3.05, 3.63) is 30.4 Å². The van der Waals surface area contributed by atoms with Crippen LogP contribution in [0, 0.1) is 0 Å². The van der Waals surface area contributed by atoms with Crippen molar-refractivity contribution < 1.29 is 15.0 Å². The maximum atomic E-state index is 12.7. The molecule has 1 aliphatic heterocycles. The molecule has 0 radical (unpaired) electrons. The SMILES string of the molecule is CCN1CN(C)CN(c2nc3cc(-c4cnc(C(C)O)nc4)cc(O)c3s2)C1=O. The fourth-order valence-corrected chi connectivity index (χ4v) is 4.18. The standard InChI is InChI=1S/C19H22N6O3S/c1-4-24-9-23(3)10-25(19(24)28)18-22-14-5-12(6-15(27)16(14)29-18)13-7-20-17(11(2)26)21-8-13/h5-8,11,26-27H,4,9-10H2,1-3H3. The first-order valence-corrected chi connectivity index (χ1v) is 10.1. The molecule has 2 N–H and O–H groups in total. The van der Waals surface area contributed by atoms with Gasteiger partial charge in [-0.1, -0.05) is 11.3 Å². The van der Waals surface area contributed by atoms with Gasteiger partial charge in [0.25, 0.3) is 0 Å². The van der Waals surface area contributed by atoms with E-state index >= 15 is 0 Å². The second kappa shape index (κ2) is 7.54. The smallest absolute Gasteiger partial charge is 0.328 e. The van der Waals surface area contributed by atoms with Gasteiger partial charge < -0.3 is 15.1 Å². The van der Waals surface area contributed by atoms with Crippen LogP contribution in [0.5, 0.6) is 5.75 Å². The number of benzene rings is 1. The number of hydrogen-bond donors (Lipinski definition) is 2. The van der Waals surface area contributed by atoms with Crippen molar-refractivity contribution in [1.29, 1.82) is 0 Å². The van der Waals surface area contributed by atoms with Gasteiger partial charge in [-0.25, -0.2) is 19.7 Å². The highest BCUT2D eigenvalue weighted by Gasteiger charge is 2.31. The molecule has 10 heteroatoms. The number of carbonyl (C=O) groups is 1. The Morgan fingerprint density at radius 1 is 1.21 bits per heavy atom. The number of rotatable bonds is 4. The summed E-state index contributed by atoms with van der Waals surface area (Å²) in [5.41, 5.74) is 2.01. The summed E-state index contributed by atoms with van der Waals surface area (Å²) in [6, 6.07) is 3.38. The molecule has 3 heterocycles. The van der Waals surface area contributed by atoms with Gasteiger partial charge in [0.2, 0.25) is 0 Å². The van der Waals surface area contributed by atoms with Crippen LogP contribution in [-0.2, 0) is 0 Å². The summed E-state index contributed by atoms with van der Waals surface area (Å²) in [7, 11) is 1.95. The number of thiazole rings is 1. The van der Waals surface area contributed by atoms with E-state index in [0.29, 0.717) is 52.2 Å². The third-order valence-electron chi connectivity index (χ3n) is 4.75. The number of carbonyl (C=O) groups excluding carboxylic acids is 1. The van der Waals surface area contributed by atoms with Crippen LogP contribution in [0.15, 0.2) is 24.5 Å². The second-order valence-corrected chi connectivity index (χ2v) is 8.03. The molecule has 1 aromatic carbocycles. The predicted octanol–water partition coefficient (Wildman–Crippen LogP) is 2.62. The number of aromatic hydroxyl groups is 1. The summed E-state index contributed by atoms with van der Waals surface area (Å²) < 4.78 is 0.620. The van der Waals surface area contributed by atoms with Gasteiger partial charge in [-0.15, -0.1) is 0 Å². The molecule has 1 unspecified atom stereocenters. The Balaban J connectivity index is 1.71. The number of aliphatic hydroxyl groups is 1. The summed E-state index contributed by atoms with van der Waals surface area (Å²) in [4.78, 5) is 31.0. The minimum Gasteiger partial charge on any atom is -0.506 e. The fraction of sp³-hybridized carbons (Fsp3) is 0.368. The summed E-state index contributed by atoms with van der Waals surface area (Å²) in [5, 5.41) is 20.7. The summed E-state index contributed by atoms with van der Waals surface area (Å²) >= 11 is 1.29. The van der Waals surface area contributed by atoms with E-state index in [1.807, 2.05) is 24.9 Å². The first-order chi connectivity index (χ1) is 13.9. The molecule has 0 bridgehead atoms. The van der Waals surface area contributed by atoms with Crippen LogP contribution in [0.4, 0.5) is 9.93 Å². The summed E-state index contributed by atoms with van der Waals surface area (Å²) in [6.45, 7) is 5.17. The van der Waals surface area contributed by atoms with Crippen LogP contribution in [0.3, 0.4) is 0 Å². The van der Waals surface area contributed by atoms with Gasteiger partial charge in [0.15, 0.2) is 11.0 Å². The largest absolute Gasteiger partial charge is 0.506 e. The zero-order chi connectivity index (χ0) is 20.7. The van der Waals surface area contributed by atoms with Gasteiger partial charge in [-0.2, -0.15) is 0 Å². The van der Waals surface area contributed by atoms with Crippen molar-refractivity contribution >= 4 is 32.7 Å². The zero-order valence-electron chi connectivity index (χ0n) is 16.4. The lowest BCUT2D eigenvalue weighted by atomic mass is 10.1. The first-order valence-electron chi connectivity index (χ1n) is 9.26. The number of aromatic nitrogens is 3. The van der Waals surface area contributed by atoms with Crippen LogP contribution in [-0.4, -0.2) is 67.9 Å².